The molecule has 2 aromatic rings. The fraction of sp³-hybridized carbons (Fsp3) is 0.385. The van der Waals surface area contributed by atoms with Gasteiger partial charge in [0.05, 0.1) is 18.1 Å². The van der Waals surface area contributed by atoms with E-state index in [4.69, 9.17) is 14.0 Å². The molecule has 0 aliphatic carbocycles. The lowest BCUT2D eigenvalue weighted by Crippen LogP contribution is -2.00. The zero-order chi connectivity index (χ0) is 15.4. The van der Waals surface area contributed by atoms with E-state index in [-0.39, 0.29) is 24.0 Å². The first-order valence-electron chi connectivity index (χ1n) is 6.29. The van der Waals surface area contributed by atoms with Gasteiger partial charge in [-0.1, -0.05) is 19.0 Å². The summed E-state index contributed by atoms with van der Waals surface area (Å²) in [4.78, 5) is 14.5. The summed E-state index contributed by atoms with van der Waals surface area (Å²) in [6.07, 6.45) is 0. The van der Waals surface area contributed by atoms with E-state index < -0.39 is 4.92 Å². The first-order valence-corrected chi connectivity index (χ1v) is 6.29. The number of benzene rings is 1. The third kappa shape index (κ3) is 3.47. The minimum absolute atomic E-state index is 0.0691. The molecule has 0 fully saturated rings. The molecule has 0 spiro atoms. The highest BCUT2D eigenvalue weighted by molar-refractivity contribution is 5.50. The second kappa shape index (κ2) is 6.21. The Morgan fingerprint density at radius 3 is 2.76 bits per heavy atom. The maximum atomic E-state index is 10.9. The smallest absolute Gasteiger partial charge is 0.314 e. The van der Waals surface area contributed by atoms with Crippen LogP contribution >= 0.6 is 0 Å². The van der Waals surface area contributed by atoms with Gasteiger partial charge in [-0.25, -0.2) is 0 Å². The third-order valence-corrected chi connectivity index (χ3v) is 2.69. The van der Waals surface area contributed by atoms with Crippen molar-refractivity contribution >= 4 is 5.69 Å². The van der Waals surface area contributed by atoms with Crippen LogP contribution in [-0.4, -0.2) is 22.2 Å². The number of methoxy groups -OCH3 is 1. The van der Waals surface area contributed by atoms with Crippen LogP contribution in [0.2, 0.25) is 0 Å². The van der Waals surface area contributed by atoms with E-state index in [1.54, 1.807) is 6.07 Å². The minimum atomic E-state index is -0.531. The van der Waals surface area contributed by atoms with Crippen molar-refractivity contribution in [2.24, 2.45) is 0 Å². The van der Waals surface area contributed by atoms with Gasteiger partial charge in [0.25, 0.3) is 0 Å². The molecule has 21 heavy (non-hydrogen) atoms. The van der Waals surface area contributed by atoms with E-state index in [1.807, 2.05) is 13.8 Å². The highest BCUT2D eigenvalue weighted by Gasteiger charge is 2.16. The Balaban J connectivity index is 2.09. The van der Waals surface area contributed by atoms with Gasteiger partial charge < -0.3 is 14.0 Å². The Morgan fingerprint density at radius 1 is 1.43 bits per heavy atom. The summed E-state index contributed by atoms with van der Waals surface area (Å²) < 4.78 is 15.4. The molecule has 112 valence electrons. The molecule has 0 amide bonds. The van der Waals surface area contributed by atoms with E-state index in [9.17, 15) is 10.1 Å². The number of nitro groups is 1. The van der Waals surface area contributed by atoms with Crippen molar-refractivity contribution in [3.63, 3.8) is 0 Å². The van der Waals surface area contributed by atoms with Crippen molar-refractivity contribution < 1.29 is 18.9 Å². The number of aromatic nitrogens is 2. The topological polar surface area (TPSA) is 101 Å². The molecule has 0 atom stereocenters. The third-order valence-electron chi connectivity index (χ3n) is 2.69. The summed E-state index contributed by atoms with van der Waals surface area (Å²) in [5.74, 6) is 1.55. The van der Waals surface area contributed by atoms with Gasteiger partial charge in [0, 0.05) is 5.92 Å². The second-order valence-electron chi connectivity index (χ2n) is 4.58. The first-order chi connectivity index (χ1) is 10.0. The van der Waals surface area contributed by atoms with Gasteiger partial charge in [-0.05, 0) is 12.1 Å². The van der Waals surface area contributed by atoms with E-state index in [0.717, 1.165) is 0 Å². The number of ether oxygens (including phenoxy) is 2. The molecule has 1 aromatic heterocycles. The van der Waals surface area contributed by atoms with Gasteiger partial charge in [-0.2, -0.15) is 4.98 Å². The van der Waals surface area contributed by atoms with Gasteiger partial charge in [0.1, 0.15) is 5.75 Å². The van der Waals surface area contributed by atoms with Crippen LogP contribution < -0.4 is 9.47 Å². The molecule has 2 rings (SSSR count). The maximum absolute atomic E-state index is 10.9. The van der Waals surface area contributed by atoms with Crippen LogP contribution in [0.3, 0.4) is 0 Å². The molecule has 0 radical (unpaired) electrons. The normalized spacial score (nSPS) is 10.7. The number of hydrogen-bond donors (Lipinski definition) is 0. The van der Waals surface area contributed by atoms with Gasteiger partial charge >= 0.3 is 5.69 Å². The van der Waals surface area contributed by atoms with Crippen LogP contribution in [0.15, 0.2) is 22.7 Å². The van der Waals surface area contributed by atoms with Crippen molar-refractivity contribution in [3.8, 4) is 11.5 Å². The van der Waals surface area contributed by atoms with Crippen LogP contribution in [0.1, 0.15) is 31.5 Å². The van der Waals surface area contributed by atoms with Crippen LogP contribution in [0, 0.1) is 10.1 Å². The average molecular weight is 293 g/mol. The number of hydrogen-bond acceptors (Lipinski definition) is 7. The molecule has 0 aliphatic rings. The molecule has 0 N–H and O–H groups in total. The summed E-state index contributed by atoms with van der Waals surface area (Å²) in [6.45, 7) is 3.94. The highest BCUT2D eigenvalue weighted by Crippen LogP contribution is 2.31. The van der Waals surface area contributed by atoms with Crippen molar-refractivity contribution in [2.45, 2.75) is 26.4 Å². The van der Waals surface area contributed by atoms with Crippen molar-refractivity contribution in [1.82, 2.24) is 10.1 Å². The summed E-state index contributed by atoms with van der Waals surface area (Å²) in [5.41, 5.74) is -0.161. The average Bonchev–Trinajstić information content (AvgIpc) is 2.94. The lowest BCUT2D eigenvalue weighted by Gasteiger charge is -2.05. The fourth-order valence-corrected chi connectivity index (χ4v) is 1.61. The standard InChI is InChI=1S/C13H15N3O5/c1-8(2)13-14-12(15-21-13)7-20-9-4-5-11(19-3)10(6-9)16(17)18/h4-6,8H,7H2,1-3H3. The predicted molar refractivity (Wildman–Crippen MR) is 72.4 cm³/mol. The Labute approximate surface area is 120 Å². The molecule has 0 saturated carbocycles. The SMILES string of the molecule is COc1ccc(OCc2noc(C(C)C)n2)cc1[N+](=O)[O-]. The summed E-state index contributed by atoms with van der Waals surface area (Å²) in [5, 5.41) is 14.7. The zero-order valence-corrected chi connectivity index (χ0v) is 11.9. The van der Waals surface area contributed by atoms with Crippen LogP contribution in [0.5, 0.6) is 11.5 Å². The molecule has 0 unspecified atom stereocenters. The molecule has 0 bridgehead atoms. The van der Waals surface area contributed by atoms with E-state index in [0.29, 0.717) is 17.5 Å². The van der Waals surface area contributed by atoms with Gasteiger partial charge in [0.15, 0.2) is 12.4 Å². The molecular weight excluding hydrogens is 278 g/mol. The molecular formula is C13H15N3O5. The molecule has 1 heterocycles. The van der Waals surface area contributed by atoms with Gasteiger partial charge in [0.2, 0.25) is 11.7 Å². The Hall–Kier alpha value is -2.64. The minimum Gasteiger partial charge on any atom is -0.490 e. The quantitative estimate of drug-likeness (QED) is 0.596. The van der Waals surface area contributed by atoms with Crippen molar-refractivity contribution in [2.75, 3.05) is 7.11 Å². The number of nitrogens with zero attached hydrogens (tertiary/aromatic N) is 3. The lowest BCUT2D eigenvalue weighted by atomic mass is 10.2. The Bertz CT molecular complexity index is 638. The van der Waals surface area contributed by atoms with Crippen molar-refractivity contribution in [1.29, 1.82) is 0 Å². The largest absolute Gasteiger partial charge is 0.490 e. The monoisotopic (exact) mass is 293 g/mol. The van der Waals surface area contributed by atoms with Gasteiger partial charge in [-0.15, -0.1) is 0 Å². The maximum Gasteiger partial charge on any atom is 0.314 e. The molecule has 0 aliphatic heterocycles. The fourth-order valence-electron chi connectivity index (χ4n) is 1.61. The van der Waals surface area contributed by atoms with Gasteiger partial charge in [-0.3, -0.25) is 10.1 Å². The van der Waals surface area contributed by atoms with Crippen LogP contribution in [-0.2, 0) is 6.61 Å². The molecule has 1 aromatic carbocycles. The Kier molecular flexibility index (Phi) is 4.36. The van der Waals surface area contributed by atoms with E-state index in [2.05, 4.69) is 10.1 Å². The van der Waals surface area contributed by atoms with E-state index >= 15 is 0 Å². The summed E-state index contributed by atoms with van der Waals surface area (Å²) in [6, 6.07) is 4.35. The molecule has 0 saturated heterocycles. The number of rotatable bonds is 6. The zero-order valence-electron chi connectivity index (χ0n) is 11.9. The predicted octanol–water partition coefficient (Wildman–Crippen LogP) is 2.69. The van der Waals surface area contributed by atoms with Crippen LogP contribution in [0.4, 0.5) is 5.69 Å². The second-order valence-corrected chi connectivity index (χ2v) is 4.58. The first kappa shape index (κ1) is 14.8. The van der Waals surface area contributed by atoms with Crippen molar-refractivity contribution in [3.05, 3.63) is 40.0 Å². The molecule has 8 nitrogen and oxygen atoms in total. The summed E-state index contributed by atoms with van der Waals surface area (Å²) >= 11 is 0. The van der Waals surface area contributed by atoms with E-state index in [1.165, 1.54) is 19.2 Å². The summed E-state index contributed by atoms with van der Waals surface area (Å²) in [7, 11) is 1.37. The highest BCUT2D eigenvalue weighted by atomic mass is 16.6. The Morgan fingerprint density at radius 2 is 2.19 bits per heavy atom. The molecule has 8 heteroatoms. The van der Waals surface area contributed by atoms with Crippen LogP contribution in [0.25, 0.3) is 0 Å². The lowest BCUT2D eigenvalue weighted by molar-refractivity contribution is -0.385. The number of nitro benzene ring substituents is 1.